The van der Waals surface area contributed by atoms with Crippen LogP contribution in [0.2, 0.25) is 0 Å². The molecule has 0 saturated heterocycles. The molecule has 0 radical (unpaired) electrons. The molecule has 0 fully saturated rings. The van der Waals surface area contributed by atoms with Crippen LogP contribution in [0.25, 0.3) is 0 Å². The first kappa shape index (κ1) is 17.8. The number of rotatable bonds is 12. The lowest BCUT2D eigenvalue weighted by atomic mass is 10.1. The Balaban J connectivity index is 3.34. The maximum atomic E-state index is 11.4. The number of aliphatic carboxylic acids is 1. The smallest absolute Gasteiger partial charge is 0.303 e. The summed E-state index contributed by atoms with van der Waals surface area (Å²) in [6, 6.07) is 0. The molecule has 7 heteroatoms. The van der Waals surface area contributed by atoms with Crippen molar-refractivity contribution < 1.29 is 24.4 Å². The number of hydrogen-bond donors (Lipinski definition) is 2. The number of nitrogens with one attached hydrogen (secondary N) is 1. The highest BCUT2D eigenvalue weighted by Gasteiger charge is 2.06. The molecule has 19 heavy (non-hydrogen) atoms. The number of nitrogens with zero attached hydrogens (tertiary/aromatic N) is 1. The predicted octanol–water partition coefficient (Wildman–Crippen LogP) is 1.65. The molecule has 0 atom stereocenters. The summed E-state index contributed by atoms with van der Waals surface area (Å²) in [5, 5.41) is 9.36. The summed E-state index contributed by atoms with van der Waals surface area (Å²) in [4.78, 5) is 31.1. The fourth-order valence-electron chi connectivity index (χ4n) is 1.59. The van der Waals surface area contributed by atoms with Gasteiger partial charge in [-0.15, -0.1) is 0 Å². The number of hydrogen-bond acceptors (Lipinski definition) is 5. The average molecular weight is 276 g/mol. The molecule has 0 aliphatic heterocycles. The van der Waals surface area contributed by atoms with Gasteiger partial charge in [-0.05, 0) is 12.8 Å². The van der Waals surface area contributed by atoms with Crippen molar-refractivity contribution in [2.75, 3.05) is 14.2 Å². The lowest BCUT2D eigenvalue weighted by Gasteiger charge is -2.16. The molecular formula is C12H24N2O5. The number of amides is 1. The molecule has 0 heterocycles. The quantitative estimate of drug-likeness (QED) is 0.416. The molecule has 2 N–H and O–H groups in total. The summed E-state index contributed by atoms with van der Waals surface area (Å²) in [5.74, 6) is -0.896. The second-order valence-electron chi connectivity index (χ2n) is 4.17. The van der Waals surface area contributed by atoms with Crippen LogP contribution in [0.3, 0.4) is 0 Å². The maximum absolute atomic E-state index is 11.4. The monoisotopic (exact) mass is 276 g/mol. The molecular weight excluding hydrogens is 252 g/mol. The van der Waals surface area contributed by atoms with Gasteiger partial charge in [-0.3, -0.25) is 19.3 Å². The first-order valence-corrected chi connectivity index (χ1v) is 6.49. The first-order chi connectivity index (χ1) is 9.10. The third-order valence-corrected chi connectivity index (χ3v) is 2.59. The Morgan fingerprint density at radius 3 is 1.89 bits per heavy atom. The minimum atomic E-state index is -0.738. The van der Waals surface area contributed by atoms with Gasteiger partial charge in [0, 0.05) is 18.2 Å². The summed E-state index contributed by atoms with van der Waals surface area (Å²) in [7, 11) is 2.78. The topological polar surface area (TPSA) is 88.1 Å². The van der Waals surface area contributed by atoms with E-state index in [0.717, 1.165) is 43.9 Å². The van der Waals surface area contributed by atoms with E-state index in [-0.39, 0.29) is 12.3 Å². The molecule has 0 aliphatic rings. The SMILES string of the molecule is CON(NC(=O)CCCCCCCCC(=O)O)OC. The molecule has 7 nitrogen and oxygen atoms in total. The number of carboxylic acid groups (broad SMARTS) is 1. The van der Waals surface area contributed by atoms with Crippen LogP contribution in [0.4, 0.5) is 0 Å². The van der Waals surface area contributed by atoms with Crippen LogP contribution < -0.4 is 5.43 Å². The highest BCUT2D eigenvalue weighted by atomic mass is 17.0. The van der Waals surface area contributed by atoms with E-state index in [9.17, 15) is 9.59 Å². The van der Waals surface area contributed by atoms with Crippen molar-refractivity contribution in [3.63, 3.8) is 0 Å². The van der Waals surface area contributed by atoms with E-state index in [0.29, 0.717) is 6.42 Å². The van der Waals surface area contributed by atoms with Crippen molar-refractivity contribution in [1.82, 2.24) is 10.8 Å². The third kappa shape index (κ3) is 11.6. The van der Waals surface area contributed by atoms with Crippen molar-refractivity contribution in [3.8, 4) is 0 Å². The number of unbranched alkanes of at least 4 members (excludes halogenated alkanes) is 5. The van der Waals surface area contributed by atoms with Crippen molar-refractivity contribution in [2.45, 2.75) is 51.4 Å². The van der Waals surface area contributed by atoms with Crippen LogP contribution in [0.5, 0.6) is 0 Å². The molecule has 1 amide bonds. The van der Waals surface area contributed by atoms with Gasteiger partial charge in [-0.1, -0.05) is 25.7 Å². The summed E-state index contributed by atoms with van der Waals surface area (Å²) in [6.07, 6.45) is 6.10. The Bertz CT molecular complexity index is 257. The van der Waals surface area contributed by atoms with Gasteiger partial charge >= 0.3 is 5.97 Å². The zero-order valence-electron chi connectivity index (χ0n) is 11.7. The van der Waals surface area contributed by atoms with Gasteiger partial charge in [-0.2, -0.15) is 0 Å². The van der Waals surface area contributed by atoms with Crippen LogP contribution >= 0.6 is 0 Å². The van der Waals surface area contributed by atoms with Crippen LogP contribution in [0.15, 0.2) is 0 Å². The molecule has 0 aromatic rings. The number of carbonyl (C=O) groups is 2. The lowest BCUT2D eigenvalue weighted by Crippen LogP contribution is -2.40. The van der Waals surface area contributed by atoms with Crippen molar-refractivity contribution in [3.05, 3.63) is 0 Å². The van der Waals surface area contributed by atoms with Gasteiger partial charge in [-0.25, -0.2) is 5.43 Å². The zero-order valence-corrected chi connectivity index (χ0v) is 11.7. The predicted molar refractivity (Wildman–Crippen MR) is 68.6 cm³/mol. The zero-order chi connectivity index (χ0) is 14.5. The molecule has 0 aromatic heterocycles. The Hall–Kier alpha value is -1.18. The van der Waals surface area contributed by atoms with Crippen LogP contribution in [-0.2, 0) is 19.3 Å². The summed E-state index contributed by atoms with van der Waals surface area (Å²) in [5.41, 5.74) is 2.42. The molecule has 0 saturated carbocycles. The molecule has 0 aliphatic carbocycles. The van der Waals surface area contributed by atoms with E-state index in [2.05, 4.69) is 5.43 Å². The van der Waals surface area contributed by atoms with Gasteiger partial charge in [0.15, 0.2) is 0 Å². The highest BCUT2D eigenvalue weighted by molar-refractivity contribution is 5.75. The van der Waals surface area contributed by atoms with Crippen LogP contribution in [0.1, 0.15) is 51.4 Å². The molecule has 0 bridgehead atoms. The minimum absolute atomic E-state index is 0.158. The van der Waals surface area contributed by atoms with Crippen molar-refractivity contribution >= 4 is 11.9 Å². The number of hydrazine groups is 1. The lowest BCUT2D eigenvalue weighted by molar-refractivity contribution is -0.367. The third-order valence-electron chi connectivity index (χ3n) is 2.59. The van der Waals surface area contributed by atoms with Gasteiger partial charge in [0.1, 0.15) is 0 Å². The molecule has 112 valence electrons. The Morgan fingerprint density at radius 2 is 1.42 bits per heavy atom. The molecule has 0 rings (SSSR count). The van der Waals surface area contributed by atoms with E-state index >= 15 is 0 Å². The fourth-order valence-corrected chi connectivity index (χ4v) is 1.59. The maximum Gasteiger partial charge on any atom is 0.303 e. The van der Waals surface area contributed by atoms with E-state index in [1.807, 2.05) is 0 Å². The number of carboxylic acids is 1. The first-order valence-electron chi connectivity index (χ1n) is 6.49. The fraction of sp³-hybridized carbons (Fsp3) is 0.833. The largest absolute Gasteiger partial charge is 0.481 e. The average Bonchev–Trinajstić information content (AvgIpc) is 2.38. The van der Waals surface area contributed by atoms with Crippen LogP contribution in [0, 0.1) is 0 Å². The molecule has 0 spiro atoms. The second kappa shape index (κ2) is 11.9. The Labute approximate surface area is 113 Å². The van der Waals surface area contributed by atoms with Gasteiger partial charge in [0.05, 0.1) is 14.2 Å². The normalized spacial score (nSPS) is 10.7. The summed E-state index contributed by atoms with van der Waals surface area (Å²) >= 11 is 0. The van der Waals surface area contributed by atoms with Gasteiger partial charge in [0.2, 0.25) is 5.91 Å². The number of carbonyl (C=O) groups excluding carboxylic acids is 1. The Kier molecular flexibility index (Phi) is 11.1. The molecule has 0 unspecified atom stereocenters. The Morgan fingerprint density at radius 1 is 0.947 bits per heavy atom. The van der Waals surface area contributed by atoms with E-state index in [4.69, 9.17) is 14.8 Å². The van der Waals surface area contributed by atoms with Crippen LogP contribution in [-0.4, -0.2) is 36.5 Å². The standard InChI is InChI=1S/C12H24N2O5/c1-18-14(19-2)13-11(15)9-7-5-3-4-6-8-10-12(16)17/h3-10H2,1-2H3,(H,13,15)(H,16,17). The van der Waals surface area contributed by atoms with Crippen molar-refractivity contribution in [1.29, 1.82) is 0 Å². The minimum Gasteiger partial charge on any atom is -0.481 e. The van der Waals surface area contributed by atoms with E-state index in [1.165, 1.54) is 14.2 Å². The second-order valence-corrected chi connectivity index (χ2v) is 4.17. The van der Waals surface area contributed by atoms with Gasteiger partial charge in [0.25, 0.3) is 0 Å². The highest BCUT2D eigenvalue weighted by Crippen LogP contribution is 2.08. The van der Waals surface area contributed by atoms with E-state index < -0.39 is 5.97 Å². The summed E-state index contributed by atoms with van der Waals surface area (Å²) < 4.78 is 0. The summed E-state index contributed by atoms with van der Waals surface area (Å²) in [6.45, 7) is 0. The van der Waals surface area contributed by atoms with Gasteiger partial charge < -0.3 is 5.11 Å². The van der Waals surface area contributed by atoms with E-state index in [1.54, 1.807) is 0 Å². The molecule has 0 aromatic carbocycles. The van der Waals surface area contributed by atoms with Crippen molar-refractivity contribution in [2.24, 2.45) is 0 Å².